The van der Waals surface area contributed by atoms with Crippen molar-refractivity contribution < 1.29 is 0 Å². The molecule has 1 aliphatic rings. The molecule has 1 unspecified atom stereocenters. The van der Waals surface area contributed by atoms with Crippen molar-refractivity contribution in [3.63, 3.8) is 0 Å². The normalized spacial score (nSPS) is 18.3. The Morgan fingerprint density at radius 3 is 1.95 bits per heavy atom. The molecule has 1 heterocycles. The maximum absolute atomic E-state index is 3.96. The molecule has 2 heteroatoms. The van der Waals surface area contributed by atoms with Gasteiger partial charge in [0.15, 0.2) is 0 Å². The fraction of sp³-hybridized carbons (Fsp3) is 0. The zero-order valence-electron chi connectivity index (χ0n) is 10.3. The van der Waals surface area contributed by atoms with E-state index in [1.165, 1.54) is 20.0 Å². The van der Waals surface area contributed by atoms with E-state index in [-0.39, 0.29) is 0 Å². The molecular formula is C17H13BrSe. The van der Waals surface area contributed by atoms with Gasteiger partial charge in [-0.3, -0.25) is 0 Å². The van der Waals surface area contributed by atoms with Crippen molar-refractivity contribution in [2.45, 2.75) is 0 Å². The van der Waals surface area contributed by atoms with Gasteiger partial charge >= 0.3 is 125 Å². The topological polar surface area (TPSA) is 0 Å². The molecule has 2 aromatic carbocycles. The van der Waals surface area contributed by atoms with Crippen molar-refractivity contribution in [1.82, 2.24) is 0 Å². The van der Waals surface area contributed by atoms with Gasteiger partial charge in [-0.05, 0) is 0 Å². The summed E-state index contributed by atoms with van der Waals surface area (Å²) < 4.78 is 2.86. The standard InChI is InChI=1S/C17H13BrSe/c18-19-16(14-8-3-1-4-9-14)12-7-13-17(19)15-10-5-2-6-11-15/h1-13H. The first-order valence-electron chi connectivity index (χ1n) is 6.13. The third-order valence-corrected chi connectivity index (χ3v) is 9.80. The van der Waals surface area contributed by atoms with Gasteiger partial charge in [0.1, 0.15) is 0 Å². The number of hydrogen-bond donors (Lipinski definition) is 0. The fourth-order valence-electron chi connectivity index (χ4n) is 2.07. The Hall–Kier alpha value is -1.21. The minimum absolute atomic E-state index is 1.12. The van der Waals surface area contributed by atoms with Crippen molar-refractivity contribution in [2.24, 2.45) is 0 Å². The second kappa shape index (κ2) is 5.83. The average molecular weight is 376 g/mol. The Bertz CT molecular complexity index is 667. The van der Waals surface area contributed by atoms with E-state index in [2.05, 4.69) is 93.0 Å². The van der Waals surface area contributed by atoms with Gasteiger partial charge in [0.2, 0.25) is 0 Å². The molecule has 3 rings (SSSR count). The summed E-state index contributed by atoms with van der Waals surface area (Å²) in [5.41, 5.74) is 2.64. The SMILES string of the molecule is Br[Se]1=C(c2ccccc2)C=CC=C1c1ccccc1. The van der Waals surface area contributed by atoms with Crippen LogP contribution in [-0.4, -0.2) is 16.1 Å². The predicted molar refractivity (Wildman–Crippen MR) is 88.8 cm³/mol. The van der Waals surface area contributed by atoms with Crippen LogP contribution in [0, 0.1) is 0 Å². The molecular weight excluding hydrogens is 363 g/mol. The number of hydrogen-bond acceptors (Lipinski definition) is 0. The first-order valence-corrected chi connectivity index (χ1v) is 11.9. The van der Waals surface area contributed by atoms with Gasteiger partial charge in [-0.1, -0.05) is 0 Å². The molecule has 0 amide bonds. The molecule has 0 nitrogen and oxygen atoms in total. The van der Waals surface area contributed by atoms with Crippen molar-refractivity contribution >= 4 is 34.7 Å². The summed E-state index contributed by atoms with van der Waals surface area (Å²) in [4.78, 5) is 0. The second-order valence-electron chi connectivity index (χ2n) is 4.24. The van der Waals surface area contributed by atoms with E-state index in [1.54, 1.807) is 0 Å². The molecule has 0 spiro atoms. The van der Waals surface area contributed by atoms with E-state index in [0.717, 1.165) is 0 Å². The van der Waals surface area contributed by atoms with Gasteiger partial charge in [0.05, 0.1) is 0 Å². The molecule has 19 heavy (non-hydrogen) atoms. The summed E-state index contributed by atoms with van der Waals surface area (Å²) in [7, 11) is 0. The molecule has 2 aromatic rings. The van der Waals surface area contributed by atoms with E-state index in [4.69, 9.17) is 0 Å². The van der Waals surface area contributed by atoms with Crippen LogP contribution >= 0.6 is 14.1 Å². The summed E-state index contributed by atoms with van der Waals surface area (Å²) in [5.74, 6) is 0. The van der Waals surface area contributed by atoms with Gasteiger partial charge in [0.25, 0.3) is 0 Å². The van der Waals surface area contributed by atoms with Gasteiger partial charge in [0, 0.05) is 0 Å². The van der Waals surface area contributed by atoms with Crippen molar-refractivity contribution in [3.8, 4) is 0 Å². The third-order valence-electron chi connectivity index (χ3n) is 3.00. The molecule has 1 aliphatic heterocycles. The number of allylic oxidation sites excluding steroid dienone is 3. The number of rotatable bonds is 2. The van der Waals surface area contributed by atoms with E-state index >= 15 is 0 Å². The van der Waals surface area contributed by atoms with Crippen LogP contribution in [0.2, 0.25) is 0 Å². The van der Waals surface area contributed by atoms with E-state index in [0.29, 0.717) is 0 Å². The van der Waals surface area contributed by atoms with Crippen LogP contribution in [0.1, 0.15) is 11.1 Å². The molecule has 0 saturated carbocycles. The first-order chi connectivity index (χ1) is 9.36. The molecule has 0 fully saturated rings. The Morgan fingerprint density at radius 1 is 0.737 bits per heavy atom. The van der Waals surface area contributed by atoms with Crippen LogP contribution in [0.4, 0.5) is 0 Å². The molecule has 1 atom stereocenters. The van der Waals surface area contributed by atoms with Crippen molar-refractivity contribution in [2.75, 3.05) is 0 Å². The molecule has 0 bridgehead atoms. The molecule has 0 N–H and O–H groups in total. The Balaban J connectivity index is 2.09. The first kappa shape index (κ1) is 12.8. The fourth-order valence-corrected chi connectivity index (χ4v) is 7.90. The number of benzene rings is 2. The van der Waals surface area contributed by atoms with Crippen LogP contribution < -0.4 is 0 Å². The van der Waals surface area contributed by atoms with Crippen LogP contribution in [0.15, 0.2) is 78.9 Å². The summed E-state index contributed by atoms with van der Waals surface area (Å²) >= 11 is 2.84. The van der Waals surface area contributed by atoms with Crippen LogP contribution in [0.3, 0.4) is 0 Å². The van der Waals surface area contributed by atoms with Crippen LogP contribution in [0.25, 0.3) is 4.47 Å². The van der Waals surface area contributed by atoms with Crippen LogP contribution in [0.5, 0.6) is 0 Å². The summed E-state index contributed by atoms with van der Waals surface area (Å²) in [5, 5.41) is 0. The maximum atomic E-state index is 3.96. The monoisotopic (exact) mass is 376 g/mol. The van der Waals surface area contributed by atoms with Gasteiger partial charge in [-0.25, -0.2) is 0 Å². The Kier molecular flexibility index (Phi) is 3.93. The molecule has 0 aliphatic carbocycles. The summed E-state index contributed by atoms with van der Waals surface area (Å²) in [6, 6.07) is 21.3. The molecule has 94 valence electrons. The zero-order chi connectivity index (χ0) is 13.1. The Morgan fingerprint density at radius 2 is 1.32 bits per heavy atom. The zero-order valence-corrected chi connectivity index (χ0v) is 13.6. The number of halogens is 1. The van der Waals surface area contributed by atoms with Gasteiger partial charge < -0.3 is 0 Å². The third kappa shape index (κ3) is 2.71. The quantitative estimate of drug-likeness (QED) is 0.683. The van der Waals surface area contributed by atoms with Crippen molar-refractivity contribution in [1.29, 1.82) is 0 Å². The molecule has 0 radical (unpaired) electrons. The minimum atomic E-state index is -1.12. The van der Waals surface area contributed by atoms with Crippen LogP contribution in [-0.2, 0) is 0 Å². The average Bonchev–Trinajstić information content (AvgIpc) is 2.49. The van der Waals surface area contributed by atoms with E-state index < -0.39 is 11.7 Å². The van der Waals surface area contributed by atoms with Crippen molar-refractivity contribution in [3.05, 3.63) is 90.0 Å². The van der Waals surface area contributed by atoms with Gasteiger partial charge in [-0.2, -0.15) is 0 Å². The van der Waals surface area contributed by atoms with Gasteiger partial charge in [-0.15, -0.1) is 0 Å². The van der Waals surface area contributed by atoms with E-state index in [1.807, 2.05) is 0 Å². The Labute approximate surface area is 124 Å². The molecule has 0 saturated heterocycles. The predicted octanol–water partition coefficient (Wildman–Crippen LogP) is 4.37. The van der Waals surface area contributed by atoms with E-state index in [9.17, 15) is 0 Å². The molecule has 0 aromatic heterocycles. The summed E-state index contributed by atoms with van der Waals surface area (Å²) in [6.07, 6.45) is 6.63. The second-order valence-corrected chi connectivity index (χ2v) is 10.5. The summed E-state index contributed by atoms with van der Waals surface area (Å²) in [6.45, 7) is 0.